The van der Waals surface area contributed by atoms with Crippen molar-refractivity contribution in [2.45, 2.75) is 213 Å². The van der Waals surface area contributed by atoms with Crippen LogP contribution in [0, 0.1) is 0 Å². The minimum Gasteiger partial charge on any atom is -0.292 e. The van der Waals surface area contributed by atoms with Crippen LogP contribution >= 0.6 is 0 Å². The van der Waals surface area contributed by atoms with Crippen molar-refractivity contribution >= 4 is 11.6 Å². The van der Waals surface area contributed by atoms with Crippen molar-refractivity contribution in [3.63, 3.8) is 0 Å². The fourth-order valence-corrected chi connectivity index (χ4v) is 6.10. The summed E-state index contributed by atoms with van der Waals surface area (Å²) in [7, 11) is 1.63. The number of hydrogen-bond acceptors (Lipinski definition) is 3. The molecule has 0 aliphatic rings. The van der Waals surface area contributed by atoms with Crippen LogP contribution in [0.15, 0.2) is 0 Å². The molecule has 0 saturated heterocycles. The van der Waals surface area contributed by atoms with Gasteiger partial charge in [-0.2, -0.15) is 4.65 Å². The number of rotatable bonds is 32. The maximum absolute atomic E-state index is 13.4. The Morgan fingerprint density at radius 3 is 0.902 bits per heavy atom. The highest BCUT2D eigenvalue weighted by Gasteiger charge is 2.54. The molecule has 0 aliphatic carbocycles. The molecule has 244 valence electrons. The van der Waals surface area contributed by atoms with Crippen LogP contribution in [0.1, 0.15) is 207 Å². The van der Waals surface area contributed by atoms with Gasteiger partial charge < -0.3 is 0 Å². The van der Waals surface area contributed by atoms with Gasteiger partial charge in [-0.1, -0.05) is 168 Å². The van der Waals surface area contributed by atoms with Gasteiger partial charge in [0.1, 0.15) is 6.54 Å². The molecular formula is C37H74NO3+. The molecule has 0 bridgehead atoms. The standard InChI is InChI=1S/C37H74NO3/c1-6-9-11-13-15-17-19-21-23-25-27-29-31-33-35(39)37(4,38(5,41)8-3)36(40)34-32-30-28-26-24-22-20-18-16-14-12-10-7-2/h41H,6-34H2,1-5H3/q+1. The van der Waals surface area contributed by atoms with Crippen LogP contribution in [-0.4, -0.2) is 40.6 Å². The van der Waals surface area contributed by atoms with Crippen molar-refractivity contribution in [1.29, 1.82) is 0 Å². The first-order valence-corrected chi connectivity index (χ1v) is 18.4. The van der Waals surface area contributed by atoms with Crippen LogP contribution in [0.5, 0.6) is 0 Å². The number of hydrogen-bond donors (Lipinski definition) is 1. The molecule has 0 aromatic rings. The van der Waals surface area contributed by atoms with E-state index in [-0.39, 0.29) is 11.6 Å². The lowest BCUT2D eigenvalue weighted by molar-refractivity contribution is -1.11. The summed E-state index contributed by atoms with van der Waals surface area (Å²) in [6.45, 7) is 8.44. The molecule has 0 spiro atoms. The van der Waals surface area contributed by atoms with Gasteiger partial charge >= 0.3 is 0 Å². The highest BCUT2D eigenvalue weighted by Crippen LogP contribution is 2.28. The highest BCUT2D eigenvalue weighted by molar-refractivity contribution is 6.09. The lowest BCUT2D eigenvalue weighted by Gasteiger charge is -2.39. The highest BCUT2D eigenvalue weighted by atomic mass is 16.5. The second-order valence-electron chi connectivity index (χ2n) is 13.4. The first kappa shape index (κ1) is 40.3. The van der Waals surface area contributed by atoms with Crippen molar-refractivity contribution in [3.05, 3.63) is 0 Å². The smallest absolute Gasteiger partial charge is 0.242 e. The van der Waals surface area contributed by atoms with E-state index in [4.69, 9.17) is 0 Å². The van der Waals surface area contributed by atoms with Crippen LogP contribution in [0.3, 0.4) is 0 Å². The van der Waals surface area contributed by atoms with Gasteiger partial charge in [-0.05, 0) is 19.8 Å². The monoisotopic (exact) mass is 581 g/mol. The summed E-state index contributed by atoms with van der Waals surface area (Å²) in [5.74, 6) is -0.153. The van der Waals surface area contributed by atoms with Crippen molar-refractivity contribution in [3.8, 4) is 0 Å². The lowest BCUT2D eigenvalue weighted by Crippen LogP contribution is -2.66. The Morgan fingerprint density at radius 2 is 0.683 bits per heavy atom. The zero-order chi connectivity index (χ0) is 30.7. The first-order chi connectivity index (χ1) is 19.8. The fourth-order valence-electron chi connectivity index (χ4n) is 6.10. The molecule has 1 unspecified atom stereocenters. The zero-order valence-electron chi connectivity index (χ0n) is 28.7. The molecule has 4 heteroatoms. The quantitative estimate of drug-likeness (QED) is 0.0372. The van der Waals surface area contributed by atoms with Gasteiger partial charge in [-0.25, -0.2) is 5.21 Å². The van der Waals surface area contributed by atoms with E-state index in [0.29, 0.717) is 19.4 Å². The molecule has 0 rings (SSSR count). The van der Waals surface area contributed by atoms with Gasteiger partial charge in [-0.3, -0.25) is 9.59 Å². The Labute approximate surface area is 257 Å². The number of hydroxylamine groups is 3. The van der Waals surface area contributed by atoms with Crippen LogP contribution in [-0.2, 0) is 9.59 Å². The van der Waals surface area contributed by atoms with Gasteiger partial charge in [-0.15, -0.1) is 0 Å². The number of quaternary nitrogens is 1. The molecule has 1 N–H and O–H groups in total. The number of likely N-dealkylation sites (N-methyl/N-ethyl adjacent to an activating group) is 1. The van der Waals surface area contributed by atoms with Crippen LogP contribution in [0.4, 0.5) is 0 Å². The Morgan fingerprint density at radius 1 is 0.463 bits per heavy atom. The molecule has 0 aliphatic heterocycles. The molecule has 41 heavy (non-hydrogen) atoms. The maximum Gasteiger partial charge on any atom is 0.242 e. The van der Waals surface area contributed by atoms with E-state index >= 15 is 0 Å². The third kappa shape index (κ3) is 19.2. The summed E-state index contributed by atoms with van der Waals surface area (Å²) >= 11 is 0. The maximum atomic E-state index is 13.4. The number of carbonyl (C=O) groups excluding carboxylic acids is 2. The third-order valence-corrected chi connectivity index (χ3v) is 9.68. The van der Waals surface area contributed by atoms with E-state index in [1.54, 1.807) is 14.0 Å². The predicted molar refractivity (Wildman–Crippen MR) is 178 cm³/mol. The molecule has 0 amide bonds. The molecule has 0 aromatic heterocycles. The average molecular weight is 581 g/mol. The van der Waals surface area contributed by atoms with Gasteiger partial charge in [0.05, 0.1) is 7.05 Å². The van der Waals surface area contributed by atoms with Crippen LogP contribution in [0.2, 0.25) is 0 Å². The van der Waals surface area contributed by atoms with Crippen molar-refractivity contribution < 1.29 is 19.4 Å². The SMILES string of the molecule is CCCCCCCCCCCCCCCC(=O)C(C)(C(=O)CCCCCCCCCCCCCCC)[N+](C)(O)CC. The molecule has 1 atom stereocenters. The van der Waals surface area contributed by atoms with E-state index in [2.05, 4.69) is 13.8 Å². The summed E-state index contributed by atoms with van der Waals surface area (Å²) in [4.78, 5) is 26.7. The molecule has 0 heterocycles. The van der Waals surface area contributed by atoms with Crippen LogP contribution in [0.25, 0.3) is 0 Å². The van der Waals surface area contributed by atoms with Gasteiger partial charge in [0.25, 0.3) is 0 Å². The first-order valence-electron chi connectivity index (χ1n) is 18.4. The van der Waals surface area contributed by atoms with Gasteiger partial charge in [0.15, 0.2) is 0 Å². The Balaban J connectivity index is 4.14. The van der Waals surface area contributed by atoms with E-state index in [1.807, 2.05) is 6.92 Å². The third-order valence-electron chi connectivity index (χ3n) is 9.68. The topological polar surface area (TPSA) is 54.4 Å². The lowest BCUT2D eigenvalue weighted by atomic mass is 9.83. The van der Waals surface area contributed by atoms with Crippen molar-refractivity contribution in [2.75, 3.05) is 13.6 Å². The number of nitrogens with zero attached hydrogens (tertiary/aromatic N) is 1. The predicted octanol–water partition coefficient (Wildman–Crippen LogP) is 11.7. The fraction of sp³-hybridized carbons (Fsp3) is 0.946. The summed E-state index contributed by atoms with van der Waals surface area (Å²) in [6.07, 6.45) is 33.7. The average Bonchev–Trinajstić information content (AvgIpc) is 2.96. The molecule has 4 nitrogen and oxygen atoms in total. The molecule has 0 radical (unpaired) electrons. The summed E-state index contributed by atoms with van der Waals surface area (Å²) in [5.41, 5.74) is -1.34. The van der Waals surface area contributed by atoms with E-state index in [9.17, 15) is 14.8 Å². The number of carbonyl (C=O) groups is 2. The number of Topliss-reactive ketones (excluding diaryl/α,β-unsaturated/α-hetero) is 2. The van der Waals surface area contributed by atoms with E-state index in [0.717, 1.165) is 38.5 Å². The number of ketones is 2. The molecule has 0 saturated carbocycles. The van der Waals surface area contributed by atoms with Gasteiger partial charge in [0.2, 0.25) is 17.1 Å². The van der Waals surface area contributed by atoms with Crippen molar-refractivity contribution in [2.24, 2.45) is 0 Å². The normalized spacial score (nSPS) is 13.4. The summed E-state index contributed by atoms with van der Waals surface area (Å²) < 4.78 is -0.526. The van der Waals surface area contributed by atoms with E-state index < -0.39 is 10.2 Å². The van der Waals surface area contributed by atoms with Gasteiger partial charge in [0, 0.05) is 19.8 Å². The Bertz CT molecular complexity index is 573. The Kier molecular flexibility index (Phi) is 26.4. The molecular weight excluding hydrogens is 506 g/mol. The zero-order valence-corrected chi connectivity index (χ0v) is 28.7. The second kappa shape index (κ2) is 26.9. The number of unbranched alkanes of at least 4 members (excludes halogenated alkanes) is 24. The second-order valence-corrected chi connectivity index (χ2v) is 13.4. The van der Waals surface area contributed by atoms with Crippen molar-refractivity contribution in [1.82, 2.24) is 0 Å². The summed E-state index contributed by atoms with van der Waals surface area (Å²) in [5, 5.41) is 11.1. The van der Waals surface area contributed by atoms with E-state index in [1.165, 1.54) is 128 Å². The van der Waals surface area contributed by atoms with Crippen LogP contribution < -0.4 is 0 Å². The summed E-state index contributed by atoms with van der Waals surface area (Å²) in [6, 6.07) is 0. The minimum absolute atomic E-state index is 0.0767. The Hall–Kier alpha value is -0.740. The minimum atomic E-state index is -1.34. The molecule has 0 aromatic carbocycles. The molecule has 0 fully saturated rings. The largest absolute Gasteiger partial charge is 0.292 e.